The van der Waals surface area contributed by atoms with Gasteiger partial charge in [0.05, 0.1) is 5.69 Å². The number of rotatable bonds is 4. The molecular weight excluding hydrogens is 408 g/mol. The van der Waals surface area contributed by atoms with Gasteiger partial charge in [-0.1, -0.05) is 54.6 Å². The van der Waals surface area contributed by atoms with E-state index in [4.69, 9.17) is 12.2 Å². The Morgan fingerprint density at radius 2 is 1.61 bits per heavy atom. The molecule has 4 aromatic rings. The Morgan fingerprint density at radius 3 is 2.39 bits per heavy atom. The molecule has 31 heavy (non-hydrogen) atoms. The highest BCUT2D eigenvalue weighted by Crippen LogP contribution is 2.35. The smallest absolute Gasteiger partial charge is 0.269 e. The second-order valence-corrected chi connectivity index (χ2v) is 7.23. The Labute approximate surface area is 184 Å². The number of benzene rings is 3. The molecule has 0 fully saturated rings. The van der Waals surface area contributed by atoms with Crippen LogP contribution >= 0.6 is 12.2 Å². The number of hydrazine groups is 1. The molecule has 0 aliphatic rings. The summed E-state index contributed by atoms with van der Waals surface area (Å²) in [4.78, 5) is 16.7. The maximum atomic E-state index is 12.3. The van der Waals surface area contributed by atoms with Gasteiger partial charge in [-0.15, -0.1) is 0 Å². The summed E-state index contributed by atoms with van der Waals surface area (Å²) in [5.41, 5.74) is 7.14. The molecule has 4 N–H and O–H groups in total. The van der Waals surface area contributed by atoms with E-state index in [-0.39, 0.29) is 16.8 Å². The van der Waals surface area contributed by atoms with Crippen LogP contribution in [0.15, 0.2) is 91.1 Å². The molecule has 0 radical (unpaired) electrons. The van der Waals surface area contributed by atoms with Crippen molar-refractivity contribution in [1.29, 1.82) is 0 Å². The summed E-state index contributed by atoms with van der Waals surface area (Å²) in [6.07, 6.45) is 1.68. The zero-order valence-electron chi connectivity index (χ0n) is 16.4. The van der Waals surface area contributed by atoms with Gasteiger partial charge in [-0.3, -0.25) is 20.6 Å². The maximum Gasteiger partial charge on any atom is 0.269 e. The summed E-state index contributed by atoms with van der Waals surface area (Å²) in [6, 6.07) is 25.1. The van der Waals surface area contributed by atoms with E-state index in [0.717, 1.165) is 10.8 Å². The highest BCUT2D eigenvalue weighted by atomic mass is 32.1. The first-order chi connectivity index (χ1) is 15.1. The molecular formula is C24H20N4O2S. The van der Waals surface area contributed by atoms with Crippen LogP contribution in [0.3, 0.4) is 0 Å². The highest BCUT2D eigenvalue weighted by molar-refractivity contribution is 7.80. The molecule has 0 spiro atoms. The Kier molecular flexibility index (Phi) is 6.05. The number of phenols is 1. The SMILES string of the molecule is O=C(NNC(=S)NC(c1ccccn1)c1c(O)ccc2ccccc12)c1ccccc1. The Bertz CT molecular complexity index is 1220. The lowest BCUT2D eigenvalue weighted by Crippen LogP contribution is -2.48. The number of phenolic OH excluding ortho intramolecular Hbond substituents is 1. The van der Waals surface area contributed by atoms with E-state index in [9.17, 15) is 9.90 Å². The van der Waals surface area contributed by atoms with Crippen molar-refractivity contribution in [3.63, 3.8) is 0 Å². The number of pyridine rings is 1. The highest BCUT2D eigenvalue weighted by Gasteiger charge is 2.22. The third-order valence-corrected chi connectivity index (χ3v) is 5.04. The molecule has 4 rings (SSSR count). The van der Waals surface area contributed by atoms with Crippen molar-refractivity contribution in [3.05, 3.63) is 108 Å². The quantitative estimate of drug-likeness (QED) is 0.292. The predicted octanol–water partition coefficient (Wildman–Crippen LogP) is 3.84. The molecule has 0 aliphatic heterocycles. The largest absolute Gasteiger partial charge is 0.508 e. The minimum Gasteiger partial charge on any atom is -0.508 e. The number of hydrogen-bond donors (Lipinski definition) is 4. The zero-order chi connectivity index (χ0) is 21.6. The number of carbonyl (C=O) groups is 1. The first-order valence-electron chi connectivity index (χ1n) is 9.67. The minimum absolute atomic E-state index is 0.123. The average Bonchev–Trinajstić information content (AvgIpc) is 2.82. The van der Waals surface area contributed by atoms with E-state index in [1.165, 1.54) is 0 Å². The Balaban J connectivity index is 1.61. The summed E-state index contributed by atoms with van der Waals surface area (Å²) < 4.78 is 0. The van der Waals surface area contributed by atoms with Gasteiger partial charge in [0.2, 0.25) is 0 Å². The van der Waals surface area contributed by atoms with Crippen molar-refractivity contribution in [2.75, 3.05) is 0 Å². The van der Waals surface area contributed by atoms with Gasteiger partial charge in [0, 0.05) is 17.3 Å². The zero-order valence-corrected chi connectivity index (χ0v) is 17.3. The van der Waals surface area contributed by atoms with Crippen LogP contribution in [0, 0.1) is 0 Å². The van der Waals surface area contributed by atoms with Gasteiger partial charge >= 0.3 is 0 Å². The number of aromatic hydroxyl groups is 1. The van der Waals surface area contributed by atoms with Gasteiger partial charge in [0.25, 0.3) is 5.91 Å². The summed E-state index contributed by atoms with van der Waals surface area (Å²) in [5, 5.41) is 15.9. The molecule has 0 saturated carbocycles. The van der Waals surface area contributed by atoms with E-state index in [0.29, 0.717) is 16.8 Å². The number of carbonyl (C=O) groups excluding carboxylic acids is 1. The van der Waals surface area contributed by atoms with Crippen LogP contribution in [-0.2, 0) is 0 Å². The Hall–Kier alpha value is -3.97. The van der Waals surface area contributed by atoms with Gasteiger partial charge in [-0.2, -0.15) is 0 Å². The van der Waals surface area contributed by atoms with E-state index >= 15 is 0 Å². The summed E-state index contributed by atoms with van der Waals surface area (Å²) in [7, 11) is 0. The number of fused-ring (bicyclic) bond motifs is 1. The van der Waals surface area contributed by atoms with Crippen molar-refractivity contribution in [2.45, 2.75) is 6.04 Å². The molecule has 3 aromatic carbocycles. The van der Waals surface area contributed by atoms with Crippen molar-refractivity contribution in [3.8, 4) is 5.75 Å². The first kappa shape index (κ1) is 20.3. The van der Waals surface area contributed by atoms with Gasteiger partial charge in [0.1, 0.15) is 11.8 Å². The van der Waals surface area contributed by atoms with E-state index in [2.05, 4.69) is 21.2 Å². The topological polar surface area (TPSA) is 86.3 Å². The summed E-state index contributed by atoms with van der Waals surface area (Å²) >= 11 is 5.42. The van der Waals surface area contributed by atoms with E-state index in [1.807, 2.05) is 54.6 Å². The number of aromatic nitrogens is 1. The fraction of sp³-hybridized carbons (Fsp3) is 0.0417. The molecule has 0 saturated heterocycles. The van der Waals surface area contributed by atoms with Crippen LogP contribution in [0.5, 0.6) is 5.75 Å². The van der Waals surface area contributed by atoms with Crippen LogP contribution in [0.1, 0.15) is 27.7 Å². The number of amides is 1. The first-order valence-corrected chi connectivity index (χ1v) is 10.1. The molecule has 7 heteroatoms. The van der Waals surface area contributed by atoms with Gasteiger partial charge in [-0.05, 0) is 53.3 Å². The third-order valence-electron chi connectivity index (χ3n) is 4.82. The van der Waals surface area contributed by atoms with Gasteiger partial charge in [-0.25, -0.2) is 0 Å². The van der Waals surface area contributed by atoms with Gasteiger partial charge in [0.15, 0.2) is 5.11 Å². The normalized spacial score (nSPS) is 11.5. The lowest BCUT2D eigenvalue weighted by atomic mass is 9.95. The van der Waals surface area contributed by atoms with E-state index < -0.39 is 6.04 Å². The second-order valence-electron chi connectivity index (χ2n) is 6.83. The molecule has 1 unspecified atom stereocenters. The van der Waals surface area contributed by atoms with Crippen molar-refractivity contribution < 1.29 is 9.90 Å². The van der Waals surface area contributed by atoms with Crippen LogP contribution in [0.4, 0.5) is 0 Å². The van der Waals surface area contributed by atoms with Crippen LogP contribution in [-0.4, -0.2) is 21.1 Å². The predicted molar refractivity (Wildman–Crippen MR) is 124 cm³/mol. The van der Waals surface area contributed by atoms with E-state index in [1.54, 1.807) is 36.5 Å². The molecule has 0 aliphatic carbocycles. The molecule has 1 aromatic heterocycles. The number of nitrogens with zero attached hydrogens (tertiary/aromatic N) is 1. The Morgan fingerprint density at radius 1 is 0.871 bits per heavy atom. The molecule has 6 nitrogen and oxygen atoms in total. The van der Waals surface area contributed by atoms with Crippen LogP contribution in [0.2, 0.25) is 0 Å². The fourth-order valence-corrected chi connectivity index (χ4v) is 3.54. The van der Waals surface area contributed by atoms with Crippen molar-refractivity contribution in [2.24, 2.45) is 0 Å². The standard InChI is InChI=1S/C24H20N4O2S/c29-20-14-13-16-8-4-5-11-18(16)21(20)22(19-12-6-7-15-25-19)26-24(31)28-27-23(30)17-9-2-1-3-10-17/h1-15,22,29H,(H,27,30)(H2,26,28,31). The molecule has 0 bridgehead atoms. The van der Waals surface area contributed by atoms with Crippen LogP contribution in [0.25, 0.3) is 10.8 Å². The van der Waals surface area contributed by atoms with Crippen molar-refractivity contribution >= 4 is 34.0 Å². The molecule has 1 amide bonds. The minimum atomic E-state index is -0.541. The maximum absolute atomic E-state index is 12.3. The summed E-state index contributed by atoms with van der Waals surface area (Å²) in [6.45, 7) is 0. The fourth-order valence-electron chi connectivity index (χ4n) is 3.37. The molecule has 154 valence electrons. The van der Waals surface area contributed by atoms with Crippen LogP contribution < -0.4 is 16.2 Å². The third kappa shape index (κ3) is 4.62. The number of nitrogens with one attached hydrogen (secondary N) is 3. The molecule has 1 atom stereocenters. The lowest BCUT2D eigenvalue weighted by Gasteiger charge is -2.23. The summed E-state index contributed by atoms with van der Waals surface area (Å²) in [5.74, 6) is -0.190. The van der Waals surface area contributed by atoms with Crippen molar-refractivity contribution in [1.82, 2.24) is 21.2 Å². The number of hydrogen-bond acceptors (Lipinski definition) is 4. The number of thiocarbonyl (C=S) groups is 1. The monoisotopic (exact) mass is 428 g/mol. The lowest BCUT2D eigenvalue weighted by molar-refractivity contribution is 0.0943. The van der Waals surface area contributed by atoms with Gasteiger partial charge < -0.3 is 10.4 Å². The second kappa shape index (κ2) is 9.23. The average molecular weight is 429 g/mol. The molecule has 1 heterocycles.